The van der Waals surface area contributed by atoms with Gasteiger partial charge in [0.15, 0.2) is 0 Å². The van der Waals surface area contributed by atoms with Crippen LogP contribution < -0.4 is 5.73 Å². The van der Waals surface area contributed by atoms with E-state index < -0.39 is 11.8 Å². The van der Waals surface area contributed by atoms with Gasteiger partial charge in [-0.3, -0.25) is 4.98 Å². The average Bonchev–Trinajstić information content (AvgIpc) is 2.46. The second kappa shape index (κ2) is 6.01. The van der Waals surface area contributed by atoms with Gasteiger partial charge in [-0.25, -0.2) is 9.18 Å². The van der Waals surface area contributed by atoms with Crippen molar-refractivity contribution in [2.24, 2.45) is 0 Å². The third kappa shape index (κ3) is 3.54. The minimum absolute atomic E-state index is 0.139. The van der Waals surface area contributed by atoms with E-state index in [1.54, 1.807) is 6.92 Å². The van der Waals surface area contributed by atoms with E-state index in [2.05, 4.69) is 4.98 Å². The maximum atomic E-state index is 13.3. The fourth-order valence-corrected chi connectivity index (χ4v) is 1.78. The van der Waals surface area contributed by atoms with Crippen LogP contribution in [0.5, 0.6) is 0 Å². The van der Waals surface area contributed by atoms with Crippen molar-refractivity contribution < 1.29 is 13.9 Å². The third-order valence-corrected chi connectivity index (χ3v) is 2.78. The lowest BCUT2D eigenvalue weighted by Gasteiger charge is -2.08. The number of carbonyl (C=O) groups excluding carboxylic acids is 1. The monoisotopic (exact) mass is 285 g/mol. The molecule has 0 aliphatic rings. The number of hydrogen-bond acceptors (Lipinski definition) is 5. The molecule has 1 aromatic heterocycles. The van der Waals surface area contributed by atoms with Crippen molar-refractivity contribution >= 4 is 11.7 Å². The molecule has 21 heavy (non-hydrogen) atoms. The molecule has 2 rings (SSSR count). The number of pyridine rings is 1. The van der Waals surface area contributed by atoms with Crippen molar-refractivity contribution in [3.63, 3.8) is 0 Å². The van der Waals surface area contributed by atoms with Gasteiger partial charge in [-0.15, -0.1) is 0 Å². The van der Waals surface area contributed by atoms with Gasteiger partial charge in [0.2, 0.25) is 0 Å². The highest BCUT2D eigenvalue weighted by Crippen LogP contribution is 2.14. The summed E-state index contributed by atoms with van der Waals surface area (Å²) in [7, 11) is 0. The first-order chi connectivity index (χ1) is 9.99. The van der Waals surface area contributed by atoms with Crippen LogP contribution in [0.3, 0.4) is 0 Å². The van der Waals surface area contributed by atoms with Crippen LogP contribution >= 0.6 is 0 Å². The summed E-state index contributed by atoms with van der Waals surface area (Å²) in [5.41, 5.74) is 7.24. The molecule has 6 heteroatoms. The lowest BCUT2D eigenvalue weighted by molar-refractivity contribution is 0.0471. The van der Waals surface area contributed by atoms with Gasteiger partial charge < -0.3 is 10.5 Å². The van der Waals surface area contributed by atoms with E-state index in [4.69, 9.17) is 15.7 Å². The molecule has 0 unspecified atom stereocenters. The predicted octanol–water partition coefficient (Wildman–Crippen LogP) is 2.34. The summed E-state index contributed by atoms with van der Waals surface area (Å²) in [6.45, 7) is 1.52. The molecule has 1 heterocycles. The molecule has 1 aromatic carbocycles. The molecule has 0 saturated carbocycles. The fraction of sp³-hybridized carbons (Fsp3) is 0.133. The van der Waals surface area contributed by atoms with Gasteiger partial charge in [0.1, 0.15) is 12.4 Å². The Kier molecular flexibility index (Phi) is 4.14. The SMILES string of the molecule is Cc1ncc(N)cc1C(=O)OCc1cc(F)cc(C#N)c1. The first-order valence-corrected chi connectivity index (χ1v) is 6.08. The molecule has 0 aliphatic heterocycles. The van der Waals surface area contributed by atoms with Crippen molar-refractivity contribution in [1.82, 2.24) is 4.98 Å². The number of ether oxygens (including phenoxy) is 1. The van der Waals surface area contributed by atoms with Crippen LogP contribution in [0.1, 0.15) is 27.2 Å². The van der Waals surface area contributed by atoms with E-state index in [9.17, 15) is 9.18 Å². The number of benzene rings is 1. The van der Waals surface area contributed by atoms with Crippen molar-refractivity contribution in [2.75, 3.05) is 5.73 Å². The number of nitrogens with zero attached hydrogens (tertiary/aromatic N) is 2. The van der Waals surface area contributed by atoms with E-state index in [1.807, 2.05) is 6.07 Å². The zero-order chi connectivity index (χ0) is 15.4. The molecule has 5 nitrogen and oxygen atoms in total. The summed E-state index contributed by atoms with van der Waals surface area (Å²) in [4.78, 5) is 15.9. The van der Waals surface area contributed by atoms with Crippen LogP contribution in [-0.2, 0) is 11.3 Å². The van der Waals surface area contributed by atoms with Crippen LogP contribution in [0, 0.1) is 24.1 Å². The molecule has 0 bridgehead atoms. The van der Waals surface area contributed by atoms with Gasteiger partial charge in [-0.05, 0) is 36.8 Å². The first kappa shape index (κ1) is 14.5. The number of esters is 1. The number of carbonyl (C=O) groups is 1. The molecule has 0 fully saturated rings. The van der Waals surface area contributed by atoms with E-state index in [0.29, 0.717) is 16.9 Å². The van der Waals surface area contributed by atoms with Gasteiger partial charge in [-0.1, -0.05) is 0 Å². The van der Waals surface area contributed by atoms with Crippen molar-refractivity contribution in [3.8, 4) is 6.07 Å². The maximum absolute atomic E-state index is 13.3. The van der Waals surface area contributed by atoms with Crippen LogP contribution in [0.4, 0.5) is 10.1 Å². The highest BCUT2D eigenvalue weighted by molar-refractivity contribution is 5.91. The zero-order valence-electron chi connectivity index (χ0n) is 11.3. The van der Waals surface area contributed by atoms with Crippen LogP contribution in [0.25, 0.3) is 0 Å². The molecule has 0 saturated heterocycles. The predicted molar refractivity (Wildman–Crippen MR) is 73.6 cm³/mol. The highest BCUT2D eigenvalue weighted by atomic mass is 19.1. The normalized spacial score (nSPS) is 9.95. The van der Waals surface area contributed by atoms with Crippen molar-refractivity contribution in [1.29, 1.82) is 5.26 Å². The number of nitriles is 1. The van der Waals surface area contributed by atoms with Crippen molar-refractivity contribution in [2.45, 2.75) is 13.5 Å². The van der Waals surface area contributed by atoms with E-state index >= 15 is 0 Å². The summed E-state index contributed by atoms with van der Waals surface area (Å²) >= 11 is 0. The number of aromatic nitrogens is 1. The van der Waals surface area contributed by atoms with E-state index in [1.165, 1.54) is 24.4 Å². The highest BCUT2D eigenvalue weighted by Gasteiger charge is 2.12. The number of anilines is 1. The van der Waals surface area contributed by atoms with Crippen LogP contribution in [-0.4, -0.2) is 11.0 Å². The molecule has 0 radical (unpaired) electrons. The largest absolute Gasteiger partial charge is 0.457 e. The second-order valence-electron chi connectivity index (χ2n) is 4.44. The zero-order valence-corrected chi connectivity index (χ0v) is 11.3. The number of nitrogens with two attached hydrogens (primary N) is 1. The van der Waals surface area contributed by atoms with Crippen LogP contribution in [0.2, 0.25) is 0 Å². The molecule has 2 aromatic rings. The molecule has 0 spiro atoms. The number of hydrogen-bond donors (Lipinski definition) is 1. The number of rotatable bonds is 3. The Morgan fingerprint density at radius 2 is 2.19 bits per heavy atom. The molecule has 0 amide bonds. The lowest BCUT2D eigenvalue weighted by atomic mass is 10.1. The molecule has 0 aliphatic carbocycles. The smallest absolute Gasteiger partial charge is 0.340 e. The quantitative estimate of drug-likeness (QED) is 0.874. The second-order valence-corrected chi connectivity index (χ2v) is 4.44. The summed E-state index contributed by atoms with van der Waals surface area (Å²) < 4.78 is 18.4. The molecule has 106 valence electrons. The van der Waals surface area contributed by atoms with Gasteiger partial charge in [0, 0.05) is 0 Å². The van der Waals surface area contributed by atoms with Gasteiger partial charge >= 0.3 is 5.97 Å². The molecular formula is C15H12FN3O2. The summed E-state index contributed by atoms with van der Waals surface area (Å²) in [5, 5.41) is 8.76. The minimum atomic E-state index is -0.602. The Morgan fingerprint density at radius 1 is 1.43 bits per heavy atom. The van der Waals surface area contributed by atoms with Crippen molar-refractivity contribution in [3.05, 3.63) is 58.7 Å². The molecular weight excluding hydrogens is 273 g/mol. The van der Waals surface area contributed by atoms with Gasteiger partial charge in [0.05, 0.1) is 34.8 Å². The minimum Gasteiger partial charge on any atom is -0.457 e. The number of nitrogen functional groups attached to an aromatic ring is 1. The fourth-order valence-electron chi connectivity index (χ4n) is 1.78. The average molecular weight is 285 g/mol. The third-order valence-electron chi connectivity index (χ3n) is 2.78. The molecule has 0 atom stereocenters. The lowest BCUT2D eigenvalue weighted by Crippen LogP contribution is -2.09. The number of halogens is 1. The van der Waals surface area contributed by atoms with E-state index in [0.717, 1.165) is 6.07 Å². The maximum Gasteiger partial charge on any atom is 0.340 e. The van der Waals surface area contributed by atoms with Gasteiger partial charge in [-0.2, -0.15) is 5.26 Å². The van der Waals surface area contributed by atoms with Crippen LogP contribution in [0.15, 0.2) is 30.5 Å². The van der Waals surface area contributed by atoms with Gasteiger partial charge in [0.25, 0.3) is 0 Å². The Bertz CT molecular complexity index is 738. The summed E-state index contributed by atoms with van der Waals surface area (Å²) in [6, 6.07) is 7.08. The Morgan fingerprint density at radius 3 is 2.90 bits per heavy atom. The summed E-state index contributed by atoms with van der Waals surface area (Å²) in [6.07, 6.45) is 1.44. The van der Waals surface area contributed by atoms with E-state index in [-0.39, 0.29) is 17.7 Å². The first-order valence-electron chi connectivity index (χ1n) is 6.08. The Hall–Kier alpha value is -2.94. The Balaban J connectivity index is 2.13. The number of aryl methyl sites for hydroxylation is 1. The Labute approximate surface area is 120 Å². The molecule has 2 N–H and O–H groups in total. The summed E-state index contributed by atoms with van der Waals surface area (Å²) in [5.74, 6) is -1.16. The topological polar surface area (TPSA) is 89.0 Å². The standard InChI is InChI=1S/C15H12FN3O2/c1-9-14(5-13(18)7-19-9)15(20)21-8-11-2-10(6-17)3-12(16)4-11/h2-5,7H,8,18H2,1H3.